The monoisotopic (exact) mass is 397 g/mol. The summed E-state index contributed by atoms with van der Waals surface area (Å²) in [7, 11) is 1.17. The summed E-state index contributed by atoms with van der Waals surface area (Å²) in [5.74, 6) is -3.99. The second kappa shape index (κ2) is 7.48. The third kappa shape index (κ3) is 4.43. The molecule has 0 saturated carbocycles. The number of aryl methyl sites for hydroxylation is 1. The summed E-state index contributed by atoms with van der Waals surface area (Å²) in [5.41, 5.74) is -1.69. The van der Waals surface area contributed by atoms with Crippen molar-refractivity contribution >= 4 is 11.6 Å². The third-order valence-electron chi connectivity index (χ3n) is 3.15. The molecule has 2 aromatic heterocycles. The van der Waals surface area contributed by atoms with E-state index in [2.05, 4.69) is 10.1 Å². The molecule has 0 amide bonds. The number of alkyl halides is 3. The topological polar surface area (TPSA) is 49.2 Å². The van der Waals surface area contributed by atoms with Gasteiger partial charge in [0.05, 0.1) is 0 Å². The number of aromatic nitrogens is 3. The summed E-state index contributed by atoms with van der Waals surface area (Å²) in [6.45, 7) is 2.53. The molecule has 0 aliphatic rings. The van der Waals surface area contributed by atoms with Gasteiger partial charge in [0.15, 0.2) is 17.3 Å². The lowest BCUT2D eigenvalue weighted by Gasteiger charge is -2.11. The van der Waals surface area contributed by atoms with E-state index in [0.717, 1.165) is 11.6 Å². The Morgan fingerprint density at radius 3 is 2.42 bits per heavy atom. The molecule has 0 aliphatic heterocycles. The maximum Gasteiger partial charge on any atom is 0.435 e. The second-order valence-electron chi connectivity index (χ2n) is 5.17. The van der Waals surface area contributed by atoms with Crippen LogP contribution in [-0.2, 0) is 13.2 Å². The van der Waals surface area contributed by atoms with Crippen molar-refractivity contribution in [2.24, 2.45) is 7.05 Å². The number of hydrogen-bond acceptors (Lipinski definition) is 4. The molecule has 11 heteroatoms. The van der Waals surface area contributed by atoms with Gasteiger partial charge in [-0.15, -0.1) is 0 Å². The molecule has 26 heavy (non-hydrogen) atoms. The molecule has 0 unspecified atom stereocenters. The zero-order valence-electron chi connectivity index (χ0n) is 13.8. The predicted molar refractivity (Wildman–Crippen MR) is 82.3 cm³/mol. The molecule has 0 fully saturated rings. The van der Waals surface area contributed by atoms with Crippen molar-refractivity contribution in [2.45, 2.75) is 20.0 Å². The molecular weight excluding hydrogens is 385 g/mol. The van der Waals surface area contributed by atoms with Crippen LogP contribution >= 0.6 is 11.6 Å². The van der Waals surface area contributed by atoms with E-state index in [1.54, 1.807) is 6.92 Å². The van der Waals surface area contributed by atoms with Gasteiger partial charge < -0.3 is 9.47 Å². The van der Waals surface area contributed by atoms with Gasteiger partial charge in [0.1, 0.15) is 6.61 Å². The van der Waals surface area contributed by atoms with Gasteiger partial charge >= 0.3 is 6.18 Å². The summed E-state index contributed by atoms with van der Waals surface area (Å²) in [5, 5.41) is 3.61. The fourth-order valence-corrected chi connectivity index (χ4v) is 1.85. The van der Waals surface area contributed by atoms with Crippen molar-refractivity contribution in [1.29, 1.82) is 0 Å². The van der Waals surface area contributed by atoms with Crippen molar-refractivity contribution in [3.05, 3.63) is 40.1 Å². The molecule has 2 aromatic rings. The van der Waals surface area contributed by atoms with Crippen LogP contribution in [0.4, 0.5) is 22.0 Å². The van der Waals surface area contributed by atoms with E-state index >= 15 is 0 Å². The number of ether oxygens (including phenoxy) is 2. The van der Waals surface area contributed by atoms with Crippen molar-refractivity contribution in [3.63, 3.8) is 0 Å². The highest BCUT2D eigenvalue weighted by atomic mass is 35.5. The van der Waals surface area contributed by atoms with E-state index in [-0.39, 0.29) is 6.61 Å². The summed E-state index contributed by atoms with van der Waals surface area (Å²) in [6, 6.07) is 0.569. The number of pyridine rings is 1. The lowest BCUT2D eigenvalue weighted by molar-refractivity contribution is -0.141. The van der Waals surface area contributed by atoms with Gasteiger partial charge in [-0.1, -0.05) is 11.6 Å². The van der Waals surface area contributed by atoms with Gasteiger partial charge in [-0.05, 0) is 19.9 Å². The molecule has 0 spiro atoms. The van der Waals surface area contributed by atoms with Gasteiger partial charge in [-0.3, -0.25) is 0 Å². The molecular formula is C15H13ClF5N3O2. The first-order valence-corrected chi connectivity index (χ1v) is 7.48. The van der Waals surface area contributed by atoms with Crippen molar-refractivity contribution in [2.75, 3.05) is 6.61 Å². The number of halogens is 6. The average molecular weight is 398 g/mol. The van der Waals surface area contributed by atoms with Crippen molar-refractivity contribution in [3.8, 4) is 17.6 Å². The fourth-order valence-electron chi connectivity index (χ4n) is 1.79. The maximum atomic E-state index is 14.2. The fraction of sp³-hybridized carbons (Fsp3) is 0.333. The number of rotatable bonds is 5. The van der Waals surface area contributed by atoms with Gasteiger partial charge in [-0.25, -0.2) is 13.5 Å². The predicted octanol–water partition coefficient (Wildman–Crippen LogP) is 4.73. The quantitative estimate of drug-likeness (QED) is 0.684. The van der Waals surface area contributed by atoms with E-state index in [1.807, 2.05) is 0 Å². The van der Waals surface area contributed by atoms with Crippen molar-refractivity contribution < 1.29 is 31.4 Å². The van der Waals surface area contributed by atoms with E-state index < -0.39 is 46.7 Å². The molecule has 142 valence electrons. The zero-order chi connectivity index (χ0) is 19.6. The Bertz CT molecular complexity index is 845. The molecule has 2 heterocycles. The van der Waals surface area contributed by atoms with E-state index in [4.69, 9.17) is 21.1 Å². The molecule has 0 saturated heterocycles. The van der Waals surface area contributed by atoms with Crippen molar-refractivity contribution in [1.82, 2.24) is 14.8 Å². The van der Waals surface area contributed by atoms with E-state index in [1.165, 1.54) is 13.1 Å². The first-order chi connectivity index (χ1) is 12.0. The molecule has 0 radical (unpaired) electrons. The van der Waals surface area contributed by atoms with Crippen LogP contribution in [0.15, 0.2) is 17.2 Å². The van der Waals surface area contributed by atoms with Crippen LogP contribution in [-0.4, -0.2) is 21.4 Å². The highest BCUT2D eigenvalue weighted by Crippen LogP contribution is 2.34. The first kappa shape index (κ1) is 20.0. The summed E-state index contributed by atoms with van der Waals surface area (Å²) in [4.78, 5) is 3.55. The van der Waals surface area contributed by atoms with Crippen LogP contribution < -0.4 is 9.47 Å². The first-order valence-electron chi connectivity index (χ1n) is 7.10. The van der Waals surface area contributed by atoms with Crippen LogP contribution in [0, 0.1) is 18.6 Å². The highest BCUT2D eigenvalue weighted by molar-refractivity contribution is 6.29. The number of nitrogens with zero attached hydrogens (tertiary/aromatic N) is 3. The molecule has 0 bridgehead atoms. The smallest absolute Gasteiger partial charge is 0.435 e. The number of allylic oxidation sites excluding steroid dienone is 1. The normalized spacial score (nSPS) is 12.4. The molecule has 0 aliphatic carbocycles. The Balaban J connectivity index is 2.36. The van der Waals surface area contributed by atoms with Crippen LogP contribution in [0.2, 0.25) is 0 Å². The minimum absolute atomic E-state index is 0.145. The molecule has 0 atom stereocenters. The van der Waals surface area contributed by atoms with Crippen LogP contribution in [0.3, 0.4) is 0 Å². The Hall–Kier alpha value is -2.36. The van der Waals surface area contributed by atoms with Gasteiger partial charge in [0.2, 0.25) is 5.88 Å². The minimum atomic E-state index is -4.70. The molecule has 0 N–H and O–H groups in total. The van der Waals surface area contributed by atoms with Crippen LogP contribution in [0.1, 0.15) is 18.2 Å². The van der Waals surface area contributed by atoms with Crippen LogP contribution in [0.25, 0.3) is 0 Å². The average Bonchev–Trinajstić information content (AvgIpc) is 2.90. The standard InChI is InChI=1S/C15H13ClF5N3O2/c1-7(16)4-5-25-13-11(17)8(2)12(18)14(22-13)26-10-6-9(15(19,20)21)23-24(10)3/h4,6H,5H2,1-3H3/b7-4-. The third-order valence-corrected chi connectivity index (χ3v) is 3.30. The largest absolute Gasteiger partial charge is 0.471 e. The second-order valence-corrected chi connectivity index (χ2v) is 5.76. The Kier molecular flexibility index (Phi) is 5.74. The summed E-state index contributed by atoms with van der Waals surface area (Å²) in [6.07, 6.45) is -3.29. The van der Waals surface area contributed by atoms with Gasteiger partial charge in [0, 0.05) is 23.7 Å². The lowest BCUT2D eigenvalue weighted by Crippen LogP contribution is -2.07. The maximum absolute atomic E-state index is 14.2. The Morgan fingerprint density at radius 2 is 1.88 bits per heavy atom. The Labute approximate surface area is 150 Å². The number of hydrogen-bond donors (Lipinski definition) is 0. The molecule has 2 rings (SSSR count). The Morgan fingerprint density at radius 1 is 1.27 bits per heavy atom. The highest BCUT2D eigenvalue weighted by Gasteiger charge is 2.35. The van der Waals surface area contributed by atoms with E-state index in [9.17, 15) is 22.0 Å². The lowest BCUT2D eigenvalue weighted by atomic mass is 10.2. The molecule has 0 aromatic carbocycles. The zero-order valence-corrected chi connectivity index (χ0v) is 14.5. The van der Waals surface area contributed by atoms with Gasteiger partial charge in [-0.2, -0.15) is 23.3 Å². The summed E-state index contributed by atoms with van der Waals surface area (Å²) >= 11 is 5.62. The minimum Gasteiger partial charge on any atom is -0.471 e. The van der Waals surface area contributed by atoms with E-state index in [0.29, 0.717) is 11.1 Å². The summed E-state index contributed by atoms with van der Waals surface area (Å²) < 4.78 is 77.1. The molecule has 5 nitrogen and oxygen atoms in total. The SMILES string of the molecule is C/C(Cl)=C/COc1nc(Oc2cc(C(F)(F)F)nn2C)c(F)c(C)c1F. The van der Waals surface area contributed by atoms with Crippen LogP contribution in [0.5, 0.6) is 17.6 Å². The van der Waals surface area contributed by atoms with Gasteiger partial charge in [0.25, 0.3) is 11.8 Å².